The maximum absolute atomic E-state index is 12.8. The van der Waals surface area contributed by atoms with E-state index in [-0.39, 0.29) is 22.7 Å². The van der Waals surface area contributed by atoms with Crippen LogP contribution in [0.3, 0.4) is 0 Å². The van der Waals surface area contributed by atoms with Gasteiger partial charge in [-0.05, 0) is 31.5 Å². The molecule has 26 heavy (non-hydrogen) atoms. The van der Waals surface area contributed by atoms with Crippen LogP contribution in [0.15, 0.2) is 35.3 Å². The molecule has 1 aliphatic rings. The zero-order valence-corrected chi connectivity index (χ0v) is 14.8. The first-order chi connectivity index (χ1) is 12.5. The Bertz CT molecular complexity index is 1030. The van der Waals surface area contributed by atoms with Crippen LogP contribution in [0.25, 0.3) is 5.52 Å². The Morgan fingerprint density at radius 2 is 1.92 bits per heavy atom. The van der Waals surface area contributed by atoms with Gasteiger partial charge in [-0.1, -0.05) is 17.3 Å². The number of H-pyrrole nitrogens is 1. The van der Waals surface area contributed by atoms with Crippen molar-refractivity contribution in [3.05, 3.63) is 57.8 Å². The molecule has 8 nitrogen and oxygen atoms in total. The normalized spacial score (nSPS) is 14.8. The molecule has 0 aliphatic carbocycles. The first-order valence-electron chi connectivity index (χ1n) is 8.59. The van der Waals surface area contributed by atoms with Crippen LogP contribution in [-0.2, 0) is 0 Å². The standard InChI is InChI=1S/C18H20N6O2/c1-12-4-3-5-14(10-12)22-6-8-23(9-7-22)18(26)15-16-17(25)19-13(2)11-24(16)21-20-15/h3-5,10-11H,6-9H2,1-2H3,(H,19,25). The minimum absolute atomic E-state index is 0.107. The first-order valence-corrected chi connectivity index (χ1v) is 8.59. The maximum atomic E-state index is 12.8. The van der Waals surface area contributed by atoms with E-state index in [0.717, 1.165) is 18.8 Å². The molecule has 2 aromatic heterocycles. The van der Waals surface area contributed by atoms with Crippen molar-refractivity contribution in [2.75, 3.05) is 31.1 Å². The topological polar surface area (TPSA) is 86.6 Å². The van der Waals surface area contributed by atoms with Gasteiger partial charge in [-0.3, -0.25) is 9.59 Å². The molecule has 1 saturated heterocycles. The molecule has 4 rings (SSSR count). The van der Waals surface area contributed by atoms with Crippen LogP contribution in [0, 0.1) is 13.8 Å². The average Bonchev–Trinajstić information content (AvgIpc) is 3.05. The highest BCUT2D eigenvalue weighted by Gasteiger charge is 2.27. The van der Waals surface area contributed by atoms with Gasteiger partial charge in [0, 0.05) is 37.6 Å². The lowest BCUT2D eigenvalue weighted by atomic mass is 10.2. The summed E-state index contributed by atoms with van der Waals surface area (Å²) >= 11 is 0. The lowest BCUT2D eigenvalue weighted by Crippen LogP contribution is -2.49. The Hall–Kier alpha value is -3.16. The summed E-state index contributed by atoms with van der Waals surface area (Å²) in [5.74, 6) is -0.252. The van der Waals surface area contributed by atoms with E-state index in [9.17, 15) is 9.59 Å². The van der Waals surface area contributed by atoms with Crippen LogP contribution < -0.4 is 10.5 Å². The van der Waals surface area contributed by atoms with Gasteiger partial charge in [0.1, 0.15) is 0 Å². The number of carbonyl (C=O) groups is 1. The number of nitrogens with one attached hydrogen (secondary N) is 1. The average molecular weight is 352 g/mol. The number of benzene rings is 1. The van der Waals surface area contributed by atoms with Gasteiger partial charge in [-0.25, -0.2) is 4.52 Å². The fourth-order valence-electron chi connectivity index (χ4n) is 3.34. The number of aromatic amines is 1. The second kappa shape index (κ2) is 6.29. The third kappa shape index (κ3) is 2.83. The van der Waals surface area contributed by atoms with E-state index in [1.165, 1.54) is 10.1 Å². The van der Waals surface area contributed by atoms with Crippen molar-refractivity contribution >= 4 is 17.1 Å². The van der Waals surface area contributed by atoms with E-state index in [4.69, 9.17) is 0 Å². The number of hydrogen-bond donors (Lipinski definition) is 1. The Kier molecular flexibility index (Phi) is 3.95. The lowest BCUT2D eigenvalue weighted by Gasteiger charge is -2.35. The van der Waals surface area contributed by atoms with Crippen molar-refractivity contribution in [1.29, 1.82) is 0 Å². The molecule has 0 radical (unpaired) electrons. The zero-order chi connectivity index (χ0) is 18.3. The highest BCUT2D eigenvalue weighted by Crippen LogP contribution is 2.18. The number of amides is 1. The van der Waals surface area contributed by atoms with E-state index in [2.05, 4.69) is 45.3 Å². The number of anilines is 1. The summed E-state index contributed by atoms with van der Waals surface area (Å²) < 4.78 is 1.37. The molecule has 1 amide bonds. The monoisotopic (exact) mass is 352 g/mol. The number of aromatic nitrogens is 4. The highest BCUT2D eigenvalue weighted by atomic mass is 16.2. The third-order valence-electron chi connectivity index (χ3n) is 4.67. The number of nitrogens with zero attached hydrogens (tertiary/aromatic N) is 5. The molecule has 0 bridgehead atoms. The van der Waals surface area contributed by atoms with Gasteiger partial charge in [0.15, 0.2) is 11.2 Å². The molecule has 1 N–H and O–H groups in total. The number of piperazine rings is 1. The second-order valence-electron chi connectivity index (χ2n) is 6.62. The van der Waals surface area contributed by atoms with Crippen molar-refractivity contribution in [2.24, 2.45) is 0 Å². The minimum Gasteiger partial charge on any atom is -0.368 e. The Morgan fingerprint density at radius 1 is 1.15 bits per heavy atom. The van der Waals surface area contributed by atoms with Crippen molar-refractivity contribution in [3.63, 3.8) is 0 Å². The van der Waals surface area contributed by atoms with E-state index in [0.29, 0.717) is 18.8 Å². The Balaban J connectivity index is 1.53. The fourth-order valence-corrected chi connectivity index (χ4v) is 3.34. The Morgan fingerprint density at radius 3 is 2.65 bits per heavy atom. The van der Waals surface area contributed by atoms with Gasteiger partial charge in [0.2, 0.25) is 0 Å². The lowest BCUT2D eigenvalue weighted by molar-refractivity contribution is 0.0742. The summed E-state index contributed by atoms with van der Waals surface area (Å²) in [7, 11) is 0. The molecule has 0 atom stereocenters. The molecular formula is C18H20N6O2. The van der Waals surface area contributed by atoms with Crippen LogP contribution in [0.4, 0.5) is 5.69 Å². The molecule has 134 valence electrons. The predicted molar refractivity (Wildman–Crippen MR) is 97.6 cm³/mol. The van der Waals surface area contributed by atoms with Crippen LogP contribution in [0.2, 0.25) is 0 Å². The van der Waals surface area contributed by atoms with Crippen molar-refractivity contribution in [3.8, 4) is 0 Å². The highest BCUT2D eigenvalue weighted by molar-refractivity contribution is 5.98. The van der Waals surface area contributed by atoms with Crippen molar-refractivity contribution < 1.29 is 4.79 Å². The molecule has 1 fully saturated rings. The van der Waals surface area contributed by atoms with Gasteiger partial charge in [-0.15, -0.1) is 5.10 Å². The molecular weight excluding hydrogens is 332 g/mol. The fraction of sp³-hybridized carbons (Fsp3) is 0.333. The minimum atomic E-state index is -0.350. The van der Waals surface area contributed by atoms with Crippen LogP contribution in [0.1, 0.15) is 21.7 Å². The van der Waals surface area contributed by atoms with Crippen LogP contribution in [-0.4, -0.2) is 56.8 Å². The second-order valence-corrected chi connectivity index (χ2v) is 6.62. The molecule has 8 heteroatoms. The Labute approximate surface area is 150 Å². The number of aryl methyl sites for hydroxylation is 2. The maximum Gasteiger partial charge on any atom is 0.277 e. The van der Waals surface area contributed by atoms with Gasteiger partial charge in [0.05, 0.1) is 6.20 Å². The molecule has 3 heterocycles. The van der Waals surface area contributed by atoms with Gasteiger partial charge < -0.3 is 14.8 Å². The van der Waals surface area contributed by atoms with E-state index < -0.39 is 0 Å². The zero-order valence-electron chi connectivity index (χ0n) is 14.8. The quantitative estimate of drug-likeness (QED) is 0.743. The third-order valence-corrected chi connectivity index (χ3v) is 4.67. The largest absolute Gasteiger partial charge is 0.368 e. The smallest absolute Gasteiger partial charge is 0.277 e. The summed E-state index contributed by atoms with van der Waals surface area (Å²) in [5.41, 5.74) is 3.00. The molecule has 1 aromatic carbocycles. The van der Waals surface area contributed by atoms with E-state index >= 15 is 0 Å². The molecule has 1 aliphatic heterocycles. The molecule has 0 unspecified atom stereocenters. The van der Waals surface area contributed by atoms with E-state index in [1.807, 2.05) is 6.07 Å². The first kappa shape index (κ1) is 16.3. The van der Waals surface area contributed by atoms with Gasteiger partial charge in [0.25, 0.3) is 11.5 Å². The van der Waals surface area contributed by atoms with Crippen LogP contribution in [0.5, 0.6) is 0 Å². The van der Waals surface area contributed by atoms with Crippen molar-refractivity contribution in [1.82, 2.24) is 24.7 Å². The summed E-state index contributed by atoms with van der Waals surface area (Å²) in [4.78, 5) is 31.7. The molecule has 3 aromatic rings. The summed E-state index contributed by atoms with van der Waals surface area (Å²) in [6, 6.07) is 8.34. The van der Waals surface area contributed by atoms with Gasteiger partial charge >= 0.3 is 0 Å². The van der Waals surface area contributed by atoms with Crippen molar-refractivity contribution in [2.45, 2.75) is 13.8 Å². The predicted octanol–water partition coefficient (Wildman–Crippen LogP) is 0.997. The summed E-state index contributed by atoms with van der Waals surface area (Å²) in [5, 5.41) is 7.87. The number of rotatable bonds is 2. The number of hydrogen-bond acceptors (Lipinski definition) is 5. The summed E-state index contributed by atoms with van der Waals surface area (Å²) in [6.45, 7) is 6.47. The van der Waals surface area contributed by atoms with Gasteiger partial charge in [-0.2, -0.15) is 0 Å². The van der Waals surface area contributed by atoms with Crippen LogP contribution >= 0.6 is 0 Å². The SMILES string of the molecule is Cc1cccc(N2CCN(C(=O)c3nnn4cc(C)[nH]c(=O)c34)CC2)c1. The number of carbonyl (C=O) groups excluding carboxylic acids is 1. The number of fused-ring (bicyclic) bond motifs is 1. The summed E-state index contributed by atoms with van der Waals surface area (Å²) in [6.07, 6.45) is 1.65. The molecule has 0 saturated carbocycles. The van der Waals surface area contributed by atoms with E-state index in [1.54, 1.807) is 18.0 Å². The molecule has 0 spiro atoms.